The van der Waals surface area contributed by atoms with Crippen LogP contribution >= 0.6 is 0 Å². The fourth-order valence-electron chi connectivity index (χ4n) is 3.69. The number of nitro benzene ring substituents is 1. The van der Waals surface area contributed by atoms with Crippen LogP contribution in [0.4, 0.5) is 11.4 Å². The van der Waals surface area contributed by atoms with Crippen LogP contribution < -0.4 is 10.1 Å². The number of nitrogens with one attached hydrogen (secondary N) is 1. The third-order valence-electron chi connectivity index (χ3n) is 5.22. The summed E-state index contributed by atoms with van der Waals surface area (Å²) in [5.41, 5.74) is 0.0663. The quantitative estimate of drug-likeness (QED) is 0.291. The molecule has 0 radical (unpaired) electrons. The Morgan fingerprint density at radius 3 is 2.55 bits per heavy atom. The lowest BCUT2D eigenvalue weighted by Gasteiger charge is -2.46. The fraction of sp³-hybridized carbons (Fsp3) is 0.400. The summed E-state index contributed by atoms with van der Waals surface area (Å²) in [7, 11) is 2.85. The van der Waals surface area contributed by atoms with E-state index in [4.69, 9.17) is 14.2 Å². The second kappa shape index (κ2) is 7.86. The number of hydrogen-bond donors (Lipinski definition) is 3. The summed E-state index contributed by atoms with van der Waals surface area (Å²) in [5.74, 6) is 0.334. The first-order valence-electron chi connectivity index (χ1n) is 8.99. The Morgan fingerprint density at radius 2 is 1.97 bits per heavy atom. The minimum Gasteiger partial charge on any atom is -0.506 e. The second-order valence-corrected chi connectivity index (χ2v) is 7.10. The zero-order valence-electron chi connectivity index (χ0n) is 16.6. The zero-order chi connectivity index (χ0) is 21.3. The average molecular weight is 404 g/mol. The number of anilines is 1. The normalized spacial score (nSPS) is 23.4. The highest BCUT2D eigenvalue weighted by atomic mass is 16.7. The Hall–Kier alpha value is -2.88. The number of rotatable bonds is 6. The van der Waals surface area contributed by atoms with Crippen molar-refractivity contribution in [3.8, 4) is 11.5 Å². The number of non-ortho nitro benzene ring substituents is 1. The summed E-state index contributed by atoms with van der Waals surface area (Å²) < 4.78 is 16.7. The number of aliphatic hydroxyl groups excluding tert-OH is 1. The van der Waals surface area contributed by atoms with E-state index >= 15 is 0 Å². The smallest absolute Gasteiger partial charge is 0.270 e. The number of phenolic OH excluding ortho intramolecular Hbond substituents is 1. The first kappa shape index (κ1) is 20.8. The number of para-hydroxylation sites is 1. The lowest BCUT2D eigenvalue weighted by atomic mass is 9.84. The molecule has 1 aliphatic rings. The van der Waals surface area contributed by atoms with E-state index in [2.05, 4.69) is 5.32 Å². The first-order valence-corrected chi connectivity index (χ1v) is 8.99. The van der Waals surface area contributed by atoms with Crippen LogP contribution in [0.3, 0.4) is 0 Å². The lowest BCUT2D eigenvalue weighted by molar-refractivity contribution is -0.385. The molecular weight excluding hydrogens is 380 g/mol. The molecule has 3 N–H and O–H groups in total. The molecule has 3 rings (SSSR count). The standard InChI is InChI=1S/C20H24N2O7/c1-11-6-5-7-14(23)16(11)21-17-13-10-12(22(25)26)8-9-15(13)29-20(2,18(17)24)19(27-3)28-4/h5-10,17-19,21,23-24H,1-4H3/t17-,18+,20+/m0/s1. The maximum absolute atomic E-state index is 11.3. The molecule has 0 aliphatic carbocycles. The molecule has 0 saturated carbocycles. The van der Waals surface area contributed by atoms with Crippen LogP contribution in [0.1, 0.15) is 24.1 Å². The third-order valence-corrected chi connectivity index (χ3v) is 5.22. The summed E-state index contributed by atoms with van der Waals surface area (Å²) in [6, 6.07) is 8.32. The molecule has 2 aromatic carbocycles. The van der Waals surface area contributed by atoms with Gasteiger partial charge in [-0.2, -0.15) is 0 Å². The van der Waals surface area contributed by atoms with Crippen molar-refractivity contribution in [3.05, 3.63) is 57.6 Å². The minimum atomic E-state index is -1.33. The molecule has 29 heavy (non-hydrogen) atoms. The number of methoxy groups -OCH3 is 2. The van der Waals surface area contributed by atoms with E-state index in [0.717, 1.165) is 5.56 Å². The molecule has 0 aromatic heterocycles. The highest BCUT2D eigenvalue weighted by molar-refractivity contribution is 5.63. The molecule has 3 atom stereocenters. The second-order valence-electron chi connectivity index (χ2n) is 7.10. The number of benzene rings is 2. The molecule has 0 saturated heterocycles. The van der Waals surface area contributed by atoms with Crippen molar-refractivity contribution in [3.63, 3.8) is 0 Å². The van der Waals surface area contributed by atoms with Gasteiger partial charge in [0.2, 0.25) is 0 Å². The predicted molar refractivity (Wildman–Crippen MR) is 105 cm³/mol. The van der Waals surface area contributed by atoms with Gasteiger partial charge in [0.05, 0.1) is 16.7 Å². The number of aliphatic hydroxyl groups is 1. The van der Waals surface area contributed by atoms with Crippen LogP contribution in [-0.2, 0) is 9.47 Å². The summed E-state index contributed by atoms with van der Waals surface area (Å²) >= 11 is 0. The maximum Gasteiger partial charge on any atom is 0.270 e. The Kier molecular flexibility index (Phi) is 5.65. The number of aromatic hydroxyl groups is 1. The fourth-order valence-corrected chi connectivity index (χ4v) is 3.69. The molecule has 9 heteroatoms. The van der Waals surface area contributed by atoms with Gasteiger partial charge in [0.15, 0.2) is 11.9 Å². The van der Waals surface area contributed by atoms with Crippen LogP contribution in [-0.4, -0.2) is 47.4 Å². The predicted octanol–water partition coefficient (Wildman–Crippen LogP) is 2.89. The van der Waals surface area contributed by atoms with Gasteiger partial charge in [0.25, 0.3) is 5.69 Å². The summed E-state index contributed by atoms with van der Waals surface area (Å²) in [5, 5.41) is 35.9. The van der Waals surface area contributed by atoms with Gasteiger partial charge in [-0.15, -0.1) is 0 Å². The van der Waals surface area contributed by atoms with Gasteiger partial charge in [-0.25, -0.2) is 0 Å². The molecule has 156 valence electrons. The summed E-state index contributed by atoms with van der Waals surface area (Å²) in [6.45, 7) is 3.43. The lowest BCUT2D eigenvalue weighted by Crippen LogP contribution is -2.60. The van der Waals surface area contributed by atoms with Crippen molar-refractivity contribution < 1.29 is 29.3 Å². The molecule has 1 aliphatic heterocycles. The molecule has 9 nitrogen and oxygen atoms in total. The van der Waals surface area contributed by atoms with Gasteiger partial charge in [-0.3, -0.25) is 10.1 Å². The molecular formula is C20H24N2O7. The monoisotopic (exact) mass is 404 g/mol. The zero-order valence-corrected chi connectivity index (χ0v) is 16.6. The number of aryl methyl sites for hydroxylation is 1. The van der Waals surface area contributed by atoms with Crippen LogP contribution in [0.2, 0.25) is 0 Å². The van der Waals surface area contributed by atoms with Gasteiger partial charge in [0, 0.05) is 31.9 Å². The van der Waals surface area contributed by atoms with Gasteiger partial charge < -0.3 is 29.7 Å². The van der Waals surface area contributed by atoms with Gasteiger partial charge in [-0.1, -0.05) is 12.1 Å². The van der Waals surface area contributed by atoms with Gasteiger partial charge >= 0.3 is 0 Å². The van der Waals surface area contributed by atoms with Crippen molar-refractivity contribution in [2.45, 2.75) is 37.9 Å². The number of hydrogen-bond acceptors (Lipinski definition) is 8. The number of phenols is 1. The number of ether oxygens (including phenoxy) is 3. The Balaban J connectivity index is 2.15. The SMILES string of the molecule is COC(OC)[C@]1(C)Oc2ccc([N+](=O)[O-])cc2[C@H](Nc2c(C)cccc2O)[C@H]1O. The number of nitrogens with zero attached hydrogens (tertiary/aromatic N) is 1. The number of fused-ring (bicyclic) bond motifs is 1. The Bertz CT molecular complexity index is 895. The van der Waals surface area contributed by atoms with E-state index in [-0.39, 0.29) is 11.4 Å². The van der Waals surface area contributed by atoms with Crippen LogP contribution in [0, 0.1) is 17.0 Å². The van der Waals surface area contributed by atoms with E-state index in [9.17, 15) is 20.3 Å². The third kappa shape index (κ3) is 3.59. The highest BCUT2D eigenvalue weighted by Gasteiger charge is 2.52. The molecule has 0 spiro atoms. The van der Waals surface area contributed by atoms with Crippen molar-refractivity contribution in [1.82, 2.24) is 0 Å². The molecule has 0 unspecified atom stereocenters. The van der Waals surface area contributed by atoms with Crippen LogP contribution in [0.5, 0.6) is 11.5 Å². The van der Waals surface area contributed by atoms with E-state index < -0.39 is 29.0 Å². The van der Waals surface area contributed by atoms with E-state index in [1.165, 1.54) is 38.5 Å². The van der Waals surface area contributed by atoms with Crippen molar-refractivity contribution >= 4 is 11.4 Å². The van der Waals surface area contributed by atoms with E-state index in [0.29, 0.717) is 17.0 Å². The molecule has 0 bridgehead atoms. The highest BCUT2D eigenvalue weighted by Crippen LogP contribution is 2.46. The summed E-state index contributed by atoms with van der Waals surface area (Å²) in [4.78, 5) is 10.8. The maximum atomic E-state index is 11.3. The van der Waals surface area contributed by atoms with Crippen molar-refractivity contribution in [1.29, 1.82) is 0 Å². The Labute approximate surface area is 168 Å². The first-order chi connectivity index (χ1) is 13.7. The minimum absolute atomic E-state index is 0.00703. The largest absolute Gasteiger partial charge is 0.506 e. The van der Waals surface area contributed by atoms with Crippen LogP contribution in [0.15, 0.2) is 36.4 Å². The topological polar surface area (TPSA) is 123 Å². The molecule has 2 aromatic rings. The molecule has 0 fully saturated rings. The van der Waals surface area contributed by atoms with E-state index in [1.54, 1.807) is 26.0 Å². The van der Waals surface area contributed by atoms with Crippen LogP contribution in [0.25, 0.3) is 0 Å². The van der Waals surface area contributed by atoms with Crippen molar-refractivity contribution in [2.75, 3.05) is 19.5 Å². The average Bonchev–Trinajstić information content (AvgIpc) is 2.68. The molecule has 0 amide bonds. The Morgan fingerprint density at radius 1 is 1.28 bits per heavy atom. The number of nitro groups is 1. The van der Waals surface area contributed by atoms with Gasteiger partial charge in [-0.05, 0) is 31.5 Å². The van der Waals surface area contributed by atoms with Gasteiger partial charge in [0.1, 0.15) is 17.6 Å². The molecule has 1 heterocycles. The van der Waals surface area contributed by atoms with Crippen molar-refractivity contribution in [2.24, 2.45) is 0 Å². The van der Waals surface area contributed by atoms with E-state index in [1.807, 2.05) is 0 Å². The summed E-state index contributed by atoms with van der Waals surface area (Å²) in [6.07, 6.45) is -2.16.